The van der Waals surface area contributed by atoms with E-state index in [1.165, 1.54) is 21.9 Å². The number of hydrogen-bond donors (Lipinski definition) is 0. The fourth-order valence-electron chi connectivity index (χ4n) is 2.92. The molecule has 0 radical (unpaired) electrons. The second-order valence-corrected chi connectivity index (χ2v) is 5.84. The molecular formula is C18H22N2O. The van der Waals surface area contributed by atoms with Crippen LogP contribution in [0.15, 0.2) is 41.6 Å². The summed E-state index contributed by atoms with van der Waals surface area (Å²) < 4.78 is 0. The molecule has 0 atom stereocenters. The van der Waals surface area contributed by atoms with E-state index in [1.807, 2.05) is 0 Å². The predicted octanol–water partition coefficient (Wildman–Crippen LogP) is 3.46. The molecule has 0 heterocycles. The number of aryl methyl sites for hydroxylation is 1. The summed E-state index contributed by atoms with van der Waals surface area (Å²) in [5, 5.41) is 7.03. The van der Waals surface area contributed by atoms with Gasteiger partial charge in [0.1, 0.15) is 6.61 Å². The fraction of sp³-hybridized carbons (Fsp3) is 0.389. The number of oxime groups is 1. The molecule has 0 aliphatic heterocycles. The van der Waals surface area contributed by atoms with E-state index in [0.29, 0.717) is 6.61 Å². The number of hydrogen-bond acceptors (Lipinski definition) is 3. The van der Waals surface area contributed by atoms with E-state index in [1.54, 1.807) is 0 Å². The minimum absolute atomic E-state index is 0.685. The van der Waals surface area contributed by atoms with Crippen molar-refractivity contribution in [1.82, 2.24) is 4.90 Å². The molecule has 2 aromatic rings. The third kappa shape index (κ3) is 3.08. The Balaban J connectivity index is 1.73. The molecule has 0 N–H and O–H groups in total. The van der Waals surface area contributed by atoms with Gasteiger partial charge in [0.2, 0.25) is 0 Å². The fourth-order valence-corrected chi connectivity index (χ4v) is 2.92. The maximum absolute atomic E-state index is 5.50. The first-order valence-electron chi connectivity index (χ1n) is 7.60. The van der Waals surface area contributed by atoms with Crippen molar-refractivity contribution in [3.8, 4) is 0 Å². The first-order chi connectivity index (χ1) is 10.3. The zero-order valence-corrected chi connectivity index (χ0v) is 12.8. The van der Waals surface area contributed by atoms with Crippen LogP contribution in [0.2, 0.25) is 0 Å². The molecule has 0 saturated heterocycles. The van der Waals surface area contributed by atoms with Gasteiger partial charge in [-0.05, 0) is 49.7 Å². The van der Waals surface area contributed by atoms with E-state index in [-0.39, 0.29) is 0 Å². The van der Waals surface area contributed by atoms with Crippen molar-refractivity contribution in [2.75, 3.05) is 27.2 Å². The summed E-state index contributed by atoms with van der Waals surface area (Å²) >= 11 is 0. The smallest absolute Gasteiger partial charge is 0.118 e. The predicted molar refractivity (Wildman–Crippen MR) is 87.9 cm³/mol. The lowest BCUT2D eigenvalue weighted by atomic mass is 10.0. The van der Waals surface area contributed by atoms with Crippen LogP contribution in [0.5, 0.6) is 0 Å². The van der Waals surface area contributed by atoms with Gasteiger partial charge < -0.3 is 9.74 Å². The molecule has 3 heteroatoms. The normalized spacial score (nSPS) is 15.9. The Hall–Kier alpha value is -1.87. The van der Waals surface area contributed by atoms with Crippen LogP contribution in [0.4, 0.5) is 0 Å². The van der Waals surface area contributed by atoms with Crippen LogP contribution in [-0.4, -0.2) is 37.9 Å². The second kappa shape index (κ2) is 6.27. The Morgan fingerprint density at radius 1 is 1.10 bits per heavy atom. The van der Waals surface area contributed by atoms with Crippen LogP contribution in [0.1, 0.15) is 24.0 Å². The number of benzene rings is 2. The molecule has 0 amide bonds. The van der Waals surface area contributed by atoms with Gasteiger partial charge in [-0.15, -0.1) is 0 Å². The molecule has 2 aromatic carbocycles. The van der Waals surface area contributed by atoms with E-state index in [0.717, 1.165) is 31.5 Å². The van der Waals surface area contributed by atoms with Gasteiger partial charge in [0.05, 0.1) is 5.71 Å². The zero-order chi connectivity index (χ0) is 14.7. The van der Waals surface area contributed by atoms with Gasteiger partial charge >= 0.3 is 0 Å². The summed E-state index contributed by atoms with van der Waals surface area (Å²) in [5.41, 5.74) is 3.78. The quantitative estimate of drug-likeness (QED) is 0.620. The first-order valence-corrected chi connectivity index (χ1v) is 7.60. The van der Waals surface area contributed by atoms with Crippen molar-refractivity contribution < 1.29 is 4.84 Å². The molecule has 1 aliphatic rings. The summed E-state index contributed by atoms with van der Waals surface area (Å²) in [6, 6.07) is 12.9. The van der Waals surface area contributed by atoms with Gasteiger partial charge in [-0.1, -0.05) is 41.6 Å². The summed E-state index contributed by atoms with van der Waals surface area (Å²) in [7, 11) is 4.15. The van der Waals surface area contributed by atoms with Crippen LogP contribution in [0.25, 0.3) is 10.8 Å². The molecule has 110 valence electrons. The third-order valence-electron chi connectivity index (χ3n) is 3.98. The Bertz CT molecular complexity index is 661. The molecule has 3 nitrogen and oxygen atoms in total. The van der Waals surface area contributed by atoms with Crippen molar-refractivity contribution >= 4 is 16.5 Å². The lowest BCUT2D eigenvalue weighted by Gasteiger charge is -2.08. The second-order valence-electron chi connectivity index (χ2n) is 5.84. The lowest BCUT2D eigenvalue weighted by Crippen LogP contribution is -2.14. The van der Waals surface area contributed by atoms with Crippen molar-refractivity contribution in [2.24, 2.45) is 5.16 Å². The van der Waals surface area contributed by atoms with E-state index >= 15 is 0 Å². The standard InChI is InChI=1S/C18H22N2O/c1-20(2)12-5-13-21-19-18-11-10-16-15-7-4-3-6-14(15)8-9-17(16)18/h3-4,6-9H,5,10-13H2,1-2H3/b19-18+. The molecule has 21 heavy (non-hydrogen) atoms. The van der Waals surface area contributed by atoms with Crippen LogP contribution in [-0.2, 0) is 11.3 Å². The Morgan fingerprint density at radius 3 is 2.81 bits per heavy atom. The van der Waals surface area contributed by atoms with E-state index in [9.17, 15) is 0 Å². The third-order valence-corrected chi connectivity index (χ3v) is 3.98. The minimum Gasteiger partial charge on any atom is -0.396 e. The molecule has 1 aliphatic carbocycles. The van der Waals surface area contributed by atoms with Gasteiger partial charge in [-0.25, -0.2) is 0 Å². The SMILES string of the molecule is CN(C)CCCO/N=C1\CCc2c1ccc1ccccc21. The Morgan fingerprint density at radius 2 is 1.95 bits per heavy atom. The van der Waals surface area contributed by atoms with Crippen molar-refractivity contribution in [3.63, 3.8) is 0 Å². The highest BCUT2D eigenvalue weighted by Gasteiger charge is 2.20. The monoisotopic (exact) mass is 282 g/mol. The van der Waals surface area contributed by atoms with Crippen molar-refractivity contribution in [2.45, 2.75) is 19.3 Å². The number of nitrogens with zero attached hydrogens (tertiary/aromatic N) is 2. The highest BCUT2D eigenvalue weighted by molar-refractivity contribution is 6.08. The number of fused-ring (bicyclic) bond motifs is 3. The maximum atomic E-state index is 5.50. The molecule has 0 fully saturated rings. The largest absolute Gasteiger partial charge is 0.396 e. The highest BCUT2D eigenvalue weighted by Crippen LogP contribution is 2.30. The minimum atomic E-state index is 0.685. The van der Waals surface area contributed by atoms with Crippen molar-refractivity contribution in [3.05, 3.63) is 47.5 Å². The average molecular weight is 282 g/mol. The van der Waals surface area contributed by atoms with Crippen LogP contribution < -0.4 is 0 Å². The van der Waals surface area contributed by atoms with Gasteiger partial charge in [0.25, 0.3) is 0 Å². The maximum Gasteiger partial charge on any atom is 0.118 e. The van der Waals surface area contributed by atoms with Gasteiger partial charge in [0.15, 0.2) is 0 Å². The summed E-state index contributed by atoms with van der Waals surface area (Å²) in [4.78, 5) is 7.66. The Labute approximate surface area is 126 Å². The van der Waals surface area contributed by atoms with Crippen molar-refractivity contribution in [1.29, 1.82) is 0 Å². The first kappa shape index (κ1) is 14.1. The van der Waals surface area contributed by atoms with Crippen LogP contribution >= 0.6 is 0 Å². The lowest BCUT2D eigenvalue weighted by molar-refractivity contribution is 0.135. The molecule has 0 saturated carbocycles. The van der Waals surface area contributed by atoms with E-state index in [2.05, 4.69) is 60.5 Å². The molecule has 0 spiro atoms. The summed E-state index contributed by atoms with van der Waals surface area (Å²) in [6.07, 6.45) is 3.06. The van der Waals surface area contributed by atoms with Crippen LogP contribution in [0, 0.1) is 0 Å². The van der Waals surface area contributed by atoms with Gasteiger partial charge in [-0.2, -0.15) is 0 Å². The van der Waals surface area contributed by atoms with E-state index in [4.69, 9.17) is 4.84 Å². The summed E-state index contributed by atoms with van der Waals surface area (Å²) in [6.45, 7) is 1.72. The molecule has 0 bridgehead atoms. The zero-order valence-electron chi connectivity index (χ0n) is 12.8. The molecule has 3 rings (SSSR count). The average Bonchev–Trinajstić information content (AvgIpc) is 2.90. The molecule has 0 aromatic heterocycles. The highest BCUT2D eigenvalue weighted by atomic mass is 16.6. The summed E-state index contributed by atoms with van der Waals surface area (Å²) in [5.74, 6) is 0. The van der Waals surface area contributed by atoms with Crippen LogP contribution in [0.3, 0.4) is 0 Å². The van der Waals surface area contributed by atoms with Gasteiger partial charge in [0, 0.05) is 12.1 Å². The van der Waals surface area contributed by atoms with E-state index < -0.39 is 0 Å². The molecule has 0 unspecified atom stereocenters. The number of rotatable bonds is 5. The van der Waals surface area contributed by atoms with Gasteiger partial charge in [-0.3, -0.25) is 0 Å². The topological polar surface area (TPSA) is 24.8 Å². The Kier molecular flexibility index (Phi) is 4.20. The molecular weight excluding hydrogens is 260 g/mol.